The van der Waals surface area contributed by atoms with Crippen molar-refractivity contribution in [3.8, 4) is 0 Å². The summed E-state index contributed by atoms with van der Waals surface area (Å²) >= 11 is 1.61. The molecular weight excluding hydrogens is 326 g/mol. The van der Waals surface area contributed by atoms with E-state index in [0.717, 1.165) is 40.8 Å². The van der Waals surface area contributed by atoms with E-state index in [1.54, 1.807) is 18.4 Å². The summed E-state index contributed by atoms with van der Waals surface area (Å²) < 4.78 is 10.9. The highest BCUT2D eigenvalue weighted by Gasteiger charge is 2.33. The summed E-state index contributed by atoms with van der Waals surface area (Å²) in [4.78, 5) is 20.0. The van der Waals surface area contributed by atoms with Crippen LogP contribution < -0.4 is 5.32 Å². The van der Waals surface area contributed by atoms with E-state index in [-0.39, 0.29) is 18.1 Å². The Morgan fingerprint density at radius 2 is 2.42 bits per heavy atom. The average molecular weight is 349 g/mol. The summed E-state index contributed by atoms with van der Waals surface area (Å²) in [7, 11) is 1.64. The zero-order valence-corrected chi connectivity index (χ0v) is 15.1. The molecule has 1 aliphatic heterocycles. The van der Waals surface area contributed by atoms with Crippen LogP contribution >= 0.6 is 11.3 Å². The third-order valence-electron chi connectivity index (χ3n) is 4.16. The highest BCUT2D eigenvalue weighted by atomic mass is 32.1. The molecule has 24 heavy (non-hydrogen) atoms. The number of carbonyl (C=O) groups excluding carboxylic acids is 1. The molecule has 0 aromatic carbocycles. The molecule has 0 saturated carbocycles. The molecule has 130 valence electrons. The number of hydrogen-bond acceptors (Lipinski definition) is 5. The van der Waals surface area contributed by atoms with Gasteiger partial charge in [-0.1, -0.05) is 0 Å². The van der Waals surface area contributed by atoms with Crippen LogP contribution in [0.15, 0.2) is 22.7 Å². The summed E-state index contributed by atoms with van der Waals surface area (Å²) in [5.74, 6) is 1.61. The molecule has 1 fully saturated rings. The minimum atomic E-state index is -0.0990. The fourth-order valence-electron chi connectivity index (χ4n) is 3.00. The van der Waals surface area contributed by atoms with Crippen LogP contribution in [0.2, 0.25) is 0 Å². The largest absolute Gasteiger partial charge is 0.461 e. The van der Waals surface area contributed by atoms with Crippen LogP contribution in [0.1, 0.15) is 53.3 Å². The summed E-state index contributed by atoms with van der Waals surface area (Å²) in [6.07, 6.45) is 3.72. The van der Waals surface area contributed by atoms with Gasteiger partial charge < -0.3 is 19.4 Å². The minimum Gasteiger partial charge on any atom is -0.461 e. The van der Waals surface area contributed by atoms with Crippen LogP contribution in [0.3, 0.4) is 0 Å². The molecule has 3 rings (SSSR count). The van der Waals surface area contributed by atoms with Crippen molar-refractivity contribution in [1.82, 2.24) is 15.2 Å². The van der Waals surface area contributed by atoms with E-state index in [9.17, 15) is 4.79 Å². The van der Waals surface area contributed by atoms with E-state index in [4.69, 9.17) is 9.15 Å². The van der Waals surface area contributed by atoms with E-state index in [1.165, 1.54) is 0 Å². The van der Waals surface area contributed by atoms with Gasteiger partial charge in [0.2, 0.25) is 0 Å². The highest BCUT2D eigenvalue weighted by molar-refractivity contribution is 7.11. The Morgan fingerprint density at radius 1 is 1.58 bits per heavy atom. The summed E-state index contributed by atoms with van der Waals surface area (Å²) in [6, 6.07) is 3.67. The molecule has 7 heteroatoms. The first-order chi connectivity index (χ1) is 11.6. The van der Waals surface area contributed by atoms with Gasteiger partial charge in [-0.3, -0.25) is 0 Å². The molecule has 2 amide bonds. The van der Waals surface area contributed by atoms with Crippen LogP contribution in [0.25, 0.3) is 0 Å². The van der Waals surface area contributed by atoms with Crippen LogP contribution in [0.4, 0.5) is 4.79 Å². The molecule has 2 atom stereocenters. The van der Waals surface area contributed by atoms with Gasteiger partial charge in [-0.2, -0.15) is 0 Å². The molecule has 0 radical (unpaired) electrons. The molecule has 2 aromatic heterocycles. The molecule has 2 unspecified atom stereocenters. The lowest BCUT2D eigenvalue weighted by Gasteiger charge is -2.25. The number of aryl methyl sites for hydroxylation is 1. The molecule has 3 heterocycles. The van der Waals surface area contributed by atoms with Crippen LogP contribution in [-0.2, 0) is 11.3 Å². The molecule has 1 saturated heterocycles. The molecule has 1 aliphatic rings. The van der Waals surface area contributed by atoms with Crippen molar-refractivity contribution in [3.05, 3.63) is 39.7 Å². The minimum absolute atomic E-state index is 0.0131. The third kappa shape index (κ3) is 3.62. The van der Waals surface area contributed by atoms with Crippen molar-refractivity contribution >= 4 is 17.4 Å². The number of rotatable bonds is 5. The standard InChI is InChI=1S/C17H23N3O3S/c1-11-9-18-16(24-11)12(2)19-17(21)20-8-4-5-14(20)15-7-6-13(23-15)10-22-3/h6-7,9,12,14H,4-5,8,10H2,1-3H3,(H,19,21). The lowest BCUT2D eigenvalue weighted by atomic mass is 10.2. The first kappa shape index (κ1) is 17.0. The van der Waals surface area contributed by atoms with E-state index < -0.39 is 0 Å². The molecule has 2 aromatic rings. The molecule has 0 bridgehead atoms. The second kappa shape index (κ2) is 7.36. The normalized spacial score (nSPS) is 18.8. The number of carbonyl (C=O) groups is 1. The van der Waals surface area contributed by atoms with E-state index in [1.807, 2.05) is 37.1 Å². The SMILES string of the molecule is COCc1ccc(C2CCCN2C(=O)NC(C)c2ncc(C)s2)o1. The fraction of sp³-hybridized carbons (Fsp3) is 0.529. The summed E-state index contributed by atoms with van der Waals surface area (Å²) in [6.45, 7) is 5.16. The van der Waals surface area contributed by atoms with E-state index in [0.29, 0.717) is 6.61 Å². The Hall–Kier alpha value is -1.86. The lowest BCUT2D eigenvalue weighted by Crippen LogP contribution is -2.40. The Kier molecular flexibility index (Phi) is 5.20. The van der Waals surface area contributed by atoms with Crippen molar-refractivity contribution in [2.75, 3.05) is 13.7 Å². The Balaban J connectivity index is 1.66. The van der Waals surface area contributed by atoms with Crippen molar-refractivity contribution in [2.45, 2.75) is 45.4 Å². The van der Waals surface area contributed by atoms with Crippen molar-refractivity contribution in [3.63, 3.8) is 0 Å². The quantitative estimate of drug-likeness (QED) is 0.891. The van der Waals surface area contributed by atoms with Crippen molar-refractivity contribution < 1.29 is 13.9 Å². The van der Waals surface area contributed by atoms with Gasteiger partial charge in [0.25, 0.3) is 0 Å². The van der Waals surface area contributed by atoms with Gasteiger partial charge in [0.15, 0.2) is 0 Å². The Labute approximate surface area is 145 Å². The first-order valence-electron chi connectivity index (χ1n) is 8.15. The van der Waals surface area contributed by atoms with Gasteiger partial charge in [0.05, 0.1) is 12.1 Å². The monoisotopic (exact) mass is 349 g/mol. The van der Waals surface area contributed by atoms with E-state index >= 15 is 0 Å². The van der Waals surface area contributed by atoms with Gasteiger partial charge in [-0.25, -0.2) is 9.78 Å². The van der Waals surface area contributed by atoms with Crippen LogP contribution in [-0.4, -0.2) is 29.6 Å². The number of nitrogens with one attached hydrogen (secondary N) is 1. The molecule has 0 spiro atoms. The van der Waals surface area contributed by atoms with Crippen LogP contribution in [0.5, 0.6) is 0 Å². The predicted octanol–water partition coefficient (Wildman–Crippen LogP) is 3.80. The summed E-state index contributed by atoms with van der Waals surface area (Å²) in [5.41, 5.74) is 0. The molecule has 6 nitrogen and oxygen atoms in total. The number of hydrogen-bond donors (Lipinski definition) is 1. The number of likely N-dealkylation sites (tertiary alicyclic amines) is 1. The number of methoxy groups -OCH3 is 1. The molecular formula is C17H23N3O3S. The maximum absolute atomic E-state index is 12.7. The second-order valence-electron chi connectivity index (χ2n) is 6.07. The Bertz CT molecular complexity index is 697. The van der Waals surface area contributed by atoms with Crippen LogP contribution in [0, 0.1) is 6.92 Å². The first-order valence-corrected chi connectivity index (χ1v) is 8.97. The molecule has 0 aliphatic carbocycles. The highest BCUT2D eigenvalue weighted by Crippen LogP contribution is 2.33. The summed E-state index contributed by atoms with van der Waals surface area (Å²) in [5, 5.41) is 3.98. The number of nitrogens with zero attached hydrogens (tertiary/aromatic N) is 2. The third-order valence-corrected chi connectivity index (χ3v) is 5.26. The average Bonchev–Trinajstić information content (AvgIpc) is 3.26. The van der Waals surface area contributed by atoms with E-state index in [2.05, 4.69) is 10.3 Å². The van der Waals surface area contributed by atoms with Gasteiger partial charge >= 0.3 is 6.03 Å². The molecule has 1 N–H and O–H groups in total. The Morgan fingerprint density at radius 3 is 3.12 bits per heavy atom. The zero-order chi connectivity index (χ0) is 17.1. The van der Waals surface area contributed by atoms with Gasteiger partial charge in [-0.15, -0.1) is 11.3 Å². The lowest BCUT2D eigenvalue weighted by molar-refractivity contribution is 0.155. The van der Waals surface area contributed by atoms with Crippen molar-refractivity contribution in [1.29, 1.82) is 0 Å². The number of thiazole rings is 1. The van der Waals surface area contributed by atoms with Crippen molar-refractivity contribution in [2.24, 2.45) is 0 Å². The number of amides is 2. The number of furan rings is 1. The number of urea groups is 1. The maximum atomic E-state index is 12.7. The maximum Gasteiger partial charge on any atom is 0.318 e. The zero-order valence-electron chi connectivity index (χ0n) is 14.2. The second-order valence-corrected chi connectivity index (χ2v) is 7.34. The van der Waals surface area contributed by atoms with Gasteiger partial charge in [0, 0.05) is 24.7 Å². The van der Waals surface area contributed by atoms with Gasteiger partial charge in [0.1, 0.15) is 23.1 Å². The topological polar surface area (TPSA) is 67.6 Å². The predicted molar refractivity (Wildman–Crippen MR) is 91.9 cm³/mol. The smallest absolute Gasteiger partial charge is 0.318 e. The fourth-order valence-corrected chi connectivity index (χ4v) is 3.78. The van der Waals surface area contributed by atoms with Gasteiger partial charge in [-0.05, 0) is 38.8 Å². The number of ether oxygens (including phenoxy) is 1. The number of aromatic nitrogens is 1.